The second-order valence-electron chi connectivity index (χ2n) is 6.59. The molecule has 0 aliphatic rings. The third kappa shape index (κ3) is 6.44. The van der Waals surface area contributed by atoms with E-state index in [2.05, 4.69) is 20.8 Å². The molecule has 0 saturated heterocycles. The molecule has 1 heterocycles. The van der Waals surface area contributed by atoms with E-state index in [-0.39, 0.29) is 29.5 Å². The van der Waals surface area contributed by atoms with Crippen LogP contribution in [0.5, 0.6) is 0 Å². The summed E-state index contributed by atoms with van der Waals surface area (Å²) in [6, 6.07) is 10.2. The molecule has 3 rings (SSSR count). The van der Waals surface area contributed by atoms with Gasteiger partial charge in [-0.15, -0.1) is 10.2 Å². The van der Waals surface area contributed by atoms with Gasteiger partial charge in [0.2, 0.25) is 5.91 Å². The van der Waals surface area contributed by atoms with Crippen LogP contribution >= 0.6 is 35.0 Å². The third-order valence-electron chi connectivity index (χ3n) is 4.37. The van der Waals surface area contributed by atoms with E-state index in [1.165, 1.54) is 42.1 Å². The van der Waals surface area contributed by atoms with Gasteiger partial charge in [-0.3, -0.25) is 19.7 Å². The molecule has 2 N–H and O–H groups in total. The second kappa shape index (κ2) is 11.1. The lowest BCUT2D eigenvalue weighted by Gasteiger charge is -2.09. The Morgan fingerprint density at radius 3 is 2.67 bits per heavy atom. The van der Waals surface area contributed by atoms with Crippen molar-refractivity contribution >= 4 is 58.2 Å². The Labute approximate surface area is 202 Å². The first kappa shape index (κ1) is 24.5. The fourth-order valence-corrected chi connectivity index (χ4v) is 4.08. The number of non-ortho nitro benzene ring substituents is 1. The minimum absolute atomic E-state index is 0.0650. The molecule has 0 aliphatic heterocycles. The summed E-state index contributed by atoms with van der Waals surface area (Å²) in [4.78, 5) is 35.0. The number of amides is 2. The highest BCUT2D eigenvalue weighted by Crippen LogP contribution is 2.26. The van der Waals surface area contributed by atoms with Gasteiger partial charge in [0.1, 0.15) is 0 Å². The predicted molar refractivity (Wildman–Crippen MR) is 126 cm³/mol. The van der Waals surface area contributed by atoms with Crippen LogP contribution in [-0.2, 0) is 17.9 Å². The molecule has 1 aromatic heterocycles. The van der Waals surface area contributed by atoms with Crippen molar-refractivity contribution in [2.45, 2.75) is 25.2 Å². The first-order valence-electron chi connectivity index (χ1n) is 9.61. The number of nitrogens with zero attached hydrogens (tertiary/aromatic N) is 4. The lowest BCUT2D eigenvalue weighted by molar-refractivity contribution is -0.384. The van der Waals surface area contributed by atoms with Crippen LogP contribution in [0.2, 0.25) is 10.0 Å². The van der Waals surface area contributed by atoms with E-state index in [1.807, 2.05) is 6.92 Å². The van der Waals surface area contributed by atoms with Crippen molar-refractivity contribution in [3.8, 4) is 0 Å². The van der Waals surface area contributed by atoms with E-state index >= 15 is 0 Å². The smallest absolute Gasteiger partial charge is 0.270 e. The molecule has 0 unspecified atom stereocenters. The van der Waals surface area contributed by atoms with Crippen LogP contribution in [-0.4, -0.2) is 37.3 Å². The van der Waals surface area contributed by atoms with Crippen LogP contribution in [0.1, 0.15) is 23.1 Å². The van der Waals surface area contributed by atoms with Crippen LogP contribution in [0.15, 0.2) is 47.6 Å². The average Bonchev–Trinajstić information content (AvgIpc) is 3.19. The SMILES string of the molecule is CCn1c(CNC(=O)c2cccc([N+](=O)[O-])c2)nnc1SCC(=O)Nc1ccc(Cl)cc1Cl. The van der Waals surface area contributed by atoms with Gasteiger partial charge < -0.3 is 15.2 Å². The topological polar surface area (TPSA) is 132 Å². The maximum absolute atomic E-state index is 12.4. The molecule has 2 aromatic carbocycles. The van der Waals surface area contributed by atoms with Gasteiger partial charge in [0.05, 0.1) is 27.9 Å². The summed E-state index contributed by atoms with van der Waals surface area (Å²) in [6.45, 7) is 2.46. The summed E-state index contributed by atoms with van der Waals surface area (Å²) in [7, 11) is 0. The Morgan fingerprint density at radius 2 is 1.97 bits per heavy atom. The molecule has 0 spiro atoms. The number of nitro benzene ring substituents is 1. The minimum atomic E-state index is -0.564. The maximum Gasteiger partial charge on any atom is 0.270 e. The number of hydrogen-bond donors (Lipinski definition) is 2. The molecule has 0 radical (unpaired) electrons. The highest BCUT2D eigenvalue weighted by atomic mass is 35.5. The van der Waals surface area contributed by atoms with Gasteiger partial charge in [-0.25, -0.2) is 0 Å². The van der Waals surface area contributed by atoms with Gasteiger partial charge >= 0.3 is 0 Å². The summed E-state index contributed by atoms with van der Waals surface area (Å²) in [6.07, 6.45) is 0. The molecule has 172 valence electrons. The zero-order valence-electron chi connectivity index (χ0n) is 17.2. The second-order valence-corrected chi connectivity index (χ2v) is 8.38. The van der Waals surface area contributed by atoms with Crippen molar-refractivity contribution in [1.29, 1.82) is 0 Å². The number of benzene rings is 2. The van der Waals surface area contributed by atoms with Gasteiger partial charge in [-0.05, 0) is 31.2 Å². The van der Waals surface area contributed by atoms with Crippen molar-refractivity contribution < 1.29 is 14.5 Å². The lowest BCUT2D eigenvalue weighted by Crippen LogP contribution is -2.25. The summed E-state index contributed by atoms with van der Waals surface area (Å²) >= 11 is 13.1. The molecule has 0 aliphatic carbocycles. The fraction of sp³-hybridized carbons (Fsp3) is 0.200. The van der Waals surface area contributed by atoms with E-state index in [1.54, 1.807) is 16.7 Å². The van der Waals surface area contributed by atoms with Crippen molar-refractivity contribution in [3.05, 3.63) is 74.0 Å². The number of rotatable bonds is 9. The van der Waals surface area contributed by atoms with Gasteiger partial charge in [0.25, 0.3) is 11.6 Å². The molecule has 0 atom stereocenters. The largest absolute Gasteiger partial charge is 0.345 e. The molecule has 2 amide bonds. The number of carbonyl (C=O) groups excluding carboxylic acids is 2. The molecule has 3 aromatic rings. The Balaban J connectivity index is 1.59. The van der Waals surface area contributed by atoms with Gasteiger partial charge in [-0.2, -0.15) is 0 Å². The number of aromatic nitrogens is 3. The van der Waals surface area contributed by atoms with Crippen LogP contribution in [0.3, 0.4) is 0 Å². The number of nitro groups is 1. The molecule has 10 nitrogen and oxygen atoms in total. The zero-order chi connectivity index (χ0) is 24.0. The van der Waals surface area contributed by atoms with Gasteiger partial charge in [0, 0.05) is 29.3 Å². The summed E-state index contributed by atoms with van der Waals surface area (Å²) in [5.74, 6) is -0.204. The van der Waals surface area contributed by atoms with E-state index < -0.39 is 10.8 Å². The van der Waals surface area contributed by atoms with Gasteiger partial charge in [0.15, 0.2) is 11.0 Å². The summed E-state index contributed by atoms with van der Waals surface area (Å²) in [5.41, 5.74) is 0.447. The highest BCUT2D eigenvalue weighted by Gasteiger charge is 2.16. The molecule has 0 saturated carbocycles. The Bertz CT molecular complexity index is 1200. The van der Waals surface area contributed by atoms with Crippen molar-refractivity contribution in [1.82, 2.24) is 20.1 Å². The predicted octanol–water partition coefficient (Wildman–Crippen LogP) is 4.17. The Morgan fingerprint density at radius 1 is 1.18 bits per heavy atom. The Kier molecular flexibility index (Phi) is 8.26. The van der Waals surface area contributed by atoms with E-state index in [0.29, 0.717) is 33.3 Å². The van der Waals surface area contributed by atoms with Crippen molar-refractivity contribution in [2.24, 2.45) is 0 Å². The maximum atomic E-state index is 12.4. The molecular weight excluding hydrogens is 491 g/mol. The fourth-order valence-electron chi connectivity index (χ4n) is 2.80. The number of hydrogen-bond acceptors (Lipinski definition) is 7. The highest BCUT2D eigenvalue weighted by molar-refractivity contribution is 7.99. The van der Waals surface area contributed by atoms with Crippen LogP contribution in [0, 0.1) is 10.1 Å². The van der Waals surface area contributed by atoms with E-state index in [4.69, 9.17) is 23.2 Å². The molecule has 33 heavy (non-hydrogen) atoms. The first-order valence-corrected chi connectivity index (χ1v) is 11.3. The van der Waals surface area contributed by atoms with Crippen LogP contribution < -0.4 is 10.6 Å². The van der Waals surface area contributed by atoms with Gasteiger partial charge in [-0.1, -0.05) is 41.0 Å². The average molecular weight is 509 g/mol. The molecule has 13 heteroatoms. The quantitative estimate of drug-likeness (QED) is 0.251. The zero-order valence-corrected chi connectivity index (χ0v) is 19.6. The number of halogens is 2. The summed E-state index contributed by atoms with van der Waals surface area (Å²) < 4.78 is 1.76. The monoisotopic (exact) mass is 508 g/mol. The van der Waals surface area contributed by atoms with E-state index in [0.717, 1.165) is 0 Å². The lowest BCUT2D eigenvalue weighted by atomic mass is 10.2. The minimum Gasteiger partial charge on any atom is -0.345 e. The number of nitrogens with one attached hydrogen (secondary N) is 2. The Hall–Kier alpha value is -3.15. The number of anilines is 1. The van der Waals surface area contributed by atoms with Crippen LogP contribution in [0.4, 0.5) is 11.4 Å². The summed E-state index contributed by atoms with van der Waals surface area (Å²) in [5, 5.41) is 25.8. The normalized spacial score (nSPS) is 10.6. The number of carbonyl (C=O) groups is 2. The molecular formula is C20H18Cl2N6O4S. The van der Waals surface area contributed by atoms with E-state index in [9.17, 15) is 19.7 Å². The first-order chi connectivity index (χ1) is 15.8. The third-order valence-corrected chi connectivity index (χ3v) is 5.89. The molecule has 0 fully saturated rings. The number of thioether (sulfide) groups is 1. The van der Waals surface area contributed by atoms with Crippen molar-refractivity contribution in [3.63, 3.8) is 0 Å². The standard InChI is InChI=1S/C20H18Cl2N6O4S/c1-2-27-17(10-23-19(30)12-4-3-5-14(8-12)28(31)32)25-26-20(27)33-11-18(29)24-16-7-6-13(21)9-15(16)22/h3-9H,2,10-11H2,1H3,(H,23,30)(H,24,29). The van der Waals surface area contributed by atoms with Crippen molar-refractivity contribution in [2.75, 3.05) is 11.1 Å². The molecule has 0 bridgehead atoms. The van der Waals surface area contributed by atoms with Crippen LogP contribution in [0.25, 0.3) is 0 Å².